The third-order valence-corrected chi connectivity index (χ3v) is 3.55. The van der Waals surface area contributed by atoms with Gasteiger partial charge in [0.1, 0.15) is 5.58 Å². The molecular formula is C17H14ClNO3. The molecule has 0 saturated heterocycles. The number of hydrogen-bond donors (Lipinski definition) is 2. The molecule has 0 bridgehead atoms. The van der Waals surface area contributed by atoms with Gasteiger partial charge in [-0.05, 0) is 48.4 Å². The molecule has 0 atom stereocenters. The van der Waals surface area contributed by atoms with Gasteiger partial charge in [0.15, 0.2) is 5.76 Å². The molecule has 0 fully saturated rings. The summed E-state index contributed by atoms with van der Waals surface area (Å²) in [7, 11) is 0. The first-order valence-electron chi connectivity index (χ1n) is 6.86. The molecule has 22 heavy (non-hydrogen) atoms. The molecule has 1 aromatic heterocycles. The zero-order valence-electron chi connectivity index (χ0n) is 11.7. The number of fused-ring (bicyclic) bond motifs is 1. The quantitative estimate of drug-likeness (QED) is 0.768. The van der Waals surface area contributed by atoms with E-state index in [0.29, 0.717) is 22.7 Å². The second kappa shape index (κ2) is 6.22. The van der Waals surface area contributed by atoms with Gasteiger partial charge in [-0.15, -0.1) is 0 Å². The number of hydrogen-bond acceptors (Lipinski definition) is 3. The van der Waals surface area contributed by atoms with Gasteiger partial charge in [0, 0.05) is 22.7 Å². The highest BCUT2D eigenvalue weighted by Gasteiger charge is 2.12. The lowest BCUT2D eigenvalue weighted by atomic mass is 10.1. The highest BCUT2D eigenvalue weighted by atomic mass is 35.5. The van der Waals surface area contributed by atoms with E-state index >= 15 is 0 Å². The molecule has 1 heterocycles. The predicted octanol–water partition coefficient (Wildman–Crippen LogP) is 3.87. The number of rotatable bonds is 4. The molecule has 4 nitrogen and oxygen atoms in total. The van der Waals surface area contributed by atoms with Crippen LogP contribution in [0.15, 0.2) is 52.9 Å². The summed E-state index contributed by atoms with van der Waals surface area (Å²) in [6, 6.07) is 14.2. The minimum absolute atomic E-state index is 0.104. The van der Waals surface area contributed by atoms with E-state index < -0.39 is 0 Å². The van der Waals surface area contributed by atoms with Crippen molar-refractivity contribution in [3.63, 3.8) is 0 Å². The Bertz CT molecular complexity index is 808. The molecule has 0 radical (unpaired) electrons. The van der Waals surface area contributed by atoms with Gasteiger partial charge in [-0.2, -0.15) is 0 Å². The highest BCUT2D eigenvalue weighted by molar-refractivity contribution is 6.31. The van der Waals surface area contributed by atoms with Crippen molar-refractivity contribution in [3.8, 4) is 0 Å². The Morgan fingerprint density at radius 3 is 2.64 bits per heavy atom. The molecule has 0 aliphatic heterocycles. The van der Waals surface area contributed by atoms with E-state index in [0.717, 1.165) is 10.9 Å². The standard InChI is InChI=1S/C17H14ClNO3/c18-13-3-6-15-12(9-13)10-16(22-15)17(21)19-14-4-1-11(2-5-14)7-8-20/h1-6,9-10,20H,7-8H2,(H,19,21). The number of carbonyl (C=O) groups is 1. The SMILES string of the molecule is O=C(Nc1ccc(CCO)cc1)c1cc2cc(Cl)ccc2o1. The summed E-state index contributed by atoms with van der Waals surface area (Å²) >= 11 is 5.92. The summed E-state index contributed by atoms with van der Waals surface area (Å²) in [5, 5.41) is 13.0. The lowest BCUT2D eigenvalue weighted by Gasteiger charge is -2.04. The van der Waals surface area contributed by atoms with Crippen LogP contribution in [-0.2, 0) is 6.42 Å². The first-order chi connectivity index (χ1) is 10.7. The summed E-state index contributed by atoms with van der Waals surface area (Å²) in [4.78, 5) is 12.2. The molecule has 112 valence electrons. The van der Waals surface area contributed by atoms with Crippen LogP contribution in [0.25, 0.3) is 11.0 Å². The predicted molar refractivity (Wildman–Crippen MR) is 86.4 cm³/mol. The molecular weight excluding hydrogens is 302 g/mol. The minimum Gasteiger partial charge on any atom is -0.451 e. The first-order valence-corrected chi connectivity index (χ1v) is 7.24. The minimum atomic E-state index is -0.317. The van der Waals surface area contributed by atoms with Crippen molar-refractivity contribution in [1.82, 2.24) is 0 Å². The van der Waals surface area contributed by atoms with Gasteiger partial charge in [0.25, 0.3) is 5.91 Å². The Hall–Kier alpha value is -2.30. The van der Waals surface area contributed by atoms with Crippen LogP contribution in [0.4, 0.5) is 5.69 Å². The number of nitrogens with one attached hydrogen (secondary N) is 1. The molecule has 0 unspecified atom stereocenters. The number of amides is 1. The van der Waals surface area contributed by atoms with E-state index in [-0.39, 0.29) is 18.3 Å². The molecule has 3 aromatic rings. The average molecular weight is 316 g/mol. The Morgan fingerprint density at radius 2 is 1.91 bits per heavy atom. The maximum absolute atomic E-state index is 12.2. The van der Waals surface area contributed by atoms with Crippen LogP contribution < -0.4 is 5.32 Å². The summed E-state index contributed by atoms with van der Waals surface area (Å²) in [6.45, 7) is 0.104. The van der Waals surface area contributed by atoms with Crippen molar-refractivity contribution in [2.75, 3.05) is 11.9 Å². The summed E-state index contributed by atoms with van der Waals surface area (Å²) in [5.41, 5.74) is 2.30. The molecule has 0 saturated carbocycles. The van der Waals surface area contributed by atoms with Crippen molar-refractivity contribution in [2.24, 2.45) is 0 Å². The Kier molecular flexibility index (Phi) is 4.13. The first kappa shape index (κ1) is 14.6. The molecule has 0 aliphatic rings. The fourth-order valence-electron chi connectivity index (χ4n) is 2.20. The van der Waals surface area contributed by atoms with Gasteiger partial charge >= 0.3 is 0 Å². The van der Waals surface area contributed by atoms with Gasteiger partial charge in [-0.25, -0.2) is 0 Å². The van der Waals surface area contributed by atoms with Gasteiger partial charge in [-0.3, -0.25) is 4.79 Å². The molecule has 0 aliphatic carbocycles. The highest BCUT2D eigenvalue weighted by Crippen LogP contribution is 2.23. The van der Waals surface area contributed by atoms with E-state index in [1.165, 1.54) is 0 Å². The summed E-state index contributed by atoms with van der Waals surface area (Å²) < 4.78 is 5.52. The van der Waals surface area contributed by atoms with Crippen LogP contribution >= 0.6 is 11.6 Å². The maximum Gasteiger partial charge on any atom is 0.291 e. The van der Waals surface area contributed by atoms with Crippen LogP contribution in [0.1, 0.15) is 16.1 Å². The normalized spacial score (nSPS) is 10.8. The van der Waals surface area contributed by atoms with Crippen molar-refractivity contribution in [1.29, 1.82) is 0 Å². The number of carbonyl (C=O) groups excluding carboxylic acids is 1. The van der Waals surface area contributed by atoms with Gasteiger partial charge in [0.2, 0.25) is 0 Å². The van der Waals surface area contributed by atoms with Crippen molar-refractivity contribution in [2.45, 2.75) is 6.42 Å². The maximum atomic E-state index is 12.2. The van der Waals surface area contributed by atoms with Crippen molar-refractivity contribution in [3.05, 3.63) is 64.9 Å². The fraction of sp³-hybridized carbons (Fsp3) is 0.118. The smallest absolute Gasteiger partial charge is 0.291 e. The summed E-state index contributed by atoms with van der Waals surface area (Å²) in [5.74, 6) is -0.0843. The summed E-state index contributed by atoms with van der Waals surface area (Å²) in [6.07, 6.45) is 0.596. The number of halogens is 1. The topological polar surface area (TPSA) is 62.5 Å². The van der Waals surface area contributed by atoms with Gasteiger partial charge in [0.05, 0.1) is 0 Å². The number of furan rings is 1. The molecule has 0 spiro atoms. The van der Waals surface area contributed by atoms with E-state index in [1.807, 2.05) is 12.1 Å². The second-order valence-corrected chi connectivity index (χ2v) is 5.35. The van der Waals surface area contributed by atoms with Crippen molar-refractivity contribution >= 4 is 34.2 Å². The van der Waals surface area contributed by atoms with E-state index in [1.54, 1.807) is 36.4 Å². The van der Waals surface area contributed by atoms with Crippen molar-refractivity contribution < 1.29 is 14.3 Å². The Balaban J connectivity index is 1.77. The molecule has 3 rings (SSSR count). The van der Waals surface area contributed by atoms with Crippen LogP contribution in [0.2, 0.25) is 5.02 Å². The number of aliphatic hydroxyl groups excluding tert-OH is 1. The van der Waals surface area contributed by atoms with Crippen LogP contribution in [0, 0.1) is 0 Å². The van der Waals surface area contributed by atoms with Gasteiger partial charge in [-0.1, -0.05) is 23.7 Å². The van der Waals surface area contributed by atoms with Crippen LogP contribution in [0.5, 0.6) is 0 Å². The lowest BCUT2D eigenvalue weighted by Crippen LogP contribution is -2.10. The Labute approximate surface area is 132 Å². The lowest BCUT2D eigenvalue weighted by molar-refractivity contribution is 0.0998. The monoisotopic (exact) mass is 315 g/mol. The van der Waals surface area contributed by atoms with E-state index in [9.17, 15) is 4.79 Å². The molecule has 2 aromatic carbocycles. The zero-order valence-corrected chi connectivity index (χ0v) is 12.4. The second-order valence-electron chi connectivity index (χ2n) is 4.92. The third kappa shape index (κ3) is 3.13. The molecule has 2 N–H and O–H groups in total. The van der Waals surface area contributed by atoms with E-state index in [4.69, 9.17) is 21.1 Å². The number of benzene rings is 2. The number of aliphatic hydroxyl groups is 1. The zero-order chi connectivity index (χ0) is 15.5. The van der Waals surface area contributed by atoms with E-state index in [2.05, 4.69) is 5.32 Å². The molecule has 1 amide bonds. The fourth-order valence-corrected chi connectivity index (χ4v) is 2.38. The van der Waals surface area contributed by atoms with Crippen LogP contribution in [0.3, 0.4) is 0 Å². The van der Waals surface area contributed by atoms with Gasteiger partial charge < -0.3 is 14.8 Å². The third-order valence-electron chi connectivity index (χ3n) is 3.31. The van der Waals surface area contributed by atoms with Crippen LogP contribution in [-0.4, -0.2) is 17.6 Å². The largest absolute Gasteiger partial charge is 0.451 e. The average Bonchev–Trinajstić information content (AvgIpc) is 2.92. The number of anilines is 1. The molecule has 5 heteroatoms. The Morgan fingerprint density at radius 1 is 1.14 bits per heavy atom.